The summed E-state index contributed by atoms with van der Waals surface area (Å²) in [5.74, 6) is 0. The van der Waals surface area contributed by atoms with E-state index in [4.69, 9.17) is 0 Å². The summed E-state index contributed by atoms with van der Waals surface area (Å²) in [6, 6.07) is 12.3. The van der Waals surface area contributed by atoms with Crippen LogP contribution in [-0.4, -0.2) is 4.98 Å². The minimum Gasteiger partial charge on any atom is -0.354 e. The molecule has 2 heteroatoms. The zero-order valence-corrected chi connectivity index (χ0v) is 8.99. The number of aromatic nitrogens is 1. The van der Waals surface area contributed by atoms with Gasteiger partial charge >= 0.3 is 0 Å². The van der Waals surface area contributed by atoms with Gasteiger partial charge in [0.05, 0.1) is 11.9 Å². The highest BCUT2D eigenvalue weighted by atomic mass is 14.9. The molecule has 1 N–H and O–H groups in total. The van der Waals surface area contributed by atoms with Gasteiger partial charge in [0.1, 0.15) is 0 Å². The molecular weight excluding hydrogens is 184 g/mol. The molecule has 0 aliphatic carbocycles. The normalized spacial score (nSPS) is 10.0. The van der Waals surface area contributed by atoms with Gasteiger partial charge in [-0.15, -0.1) is 0 Å². The SMILES string of the molecule is Cc1ccc(Nc2ccc(C)nc2)cc1. The fourth-order valence-electron chi connectivity index (χ4n) is 1.35. The van der Waals surface area contributed by atoms with E-state index in [1.165, 1.54) is 5.56 Å². The van der Waals surface area contributed by atoms with Crippen molar-refractivity contribution in [2.24, 2.45) is 0 Å². The van der Waals surface area contributed by atoms with Gasteiger partial charge in [-0.25, -0.2) is 0 Å². The van der Waals surface area contributed by atoms with Crippen LogP contribution in [0.1, 0.15) is 11.3 Å². The first-order valence-electron chi connectivity index (χ1n) is 5.00. The Morgan fingerprint density at radius 3 is 2.13 bits per heavy atom. The van der Waals surface area contributed by atoms with E-state index in [1.807, 2.05) is 25.3 Å². The molecule has 0 radical (unpaired) electrons. The molecule has 0 atom stereocenters. The highest BCUT2D eigenvalue weighted by Gasteiger charge is 1.94. The van der Waals surface area contributed by atoms with Crippen LogP contribution in [0.5, 0.6) is 0 Å². The third-order valence-electron chi connectivity index (χ3n) is 2.25. The molecule has 1 heterocycles. The van der Waals surface area contributed by atoms with Crippen molar-refractivity contribution in [2.45, 2.75) is 13.8 Å². The minimum absolute atomic E-state index is 1.02. The smallest absolute Gasteiger partial charge is 0.0570 e. The van der Waals surface area contributed by atoms with Gasteiger partial charge in [-0.2, -0.15) is 0 Å². The van der Waals surface area contributed by atoms with Crippen LogP contribution in [0.3, 0.4) is 0 Å². The highest BCUT2D eigenvalue weighted by Crippen LogP contribution is 2.15. The number of aryl methyl sites for hydroxylation is 2. The van der Waals surface area contributed by atoms with Crippen LogP contribution in [-0.2, 0) is 0 Å². The van der Waals surface area contributed by atoms with E-state index in [2.05, 4.69) is 41.5 Å². The van der Waals surface area contributed by atoms with Crippen molar-refractivity contribution in [3.05, 3.63) is 53.9 Å². The number of nitrogens with one attached hydrogen (secondary N) is 1. The topological polar surface area (TPSA) is 24.9 Å². The number of hydrogen-bond donors (Lipinski definition) is 1. The Labute approximate surface area is 90.0 Å². The van der Waals surface area contributed by atoms with Crippen molar-refractivity contribution < 1.29 is 0 Å². The summed E-state index contributed by atoms with van der Waals surface area (Å²) in [5, 5.41) is 3.30. The van der Waals surface area contributed by atoms with Gasteiger partial charge < -0.3 is 5.32 Å². The molecule has 1 aromatic carbocycles. The molecule has 76 valence electrons. The average Bonchev–Trinajstić information content (AvgIpc) is 2.25. The highest BCUT2D eigenvalue weighted by molar-refractivity contribution is 5.58. The largest absolute Gasteiger partial charge is 0.354 e. The summed E-state index contributed by atoms with van der Waals surface area (Å²) >= 11 is 0. The number of pyridine rings is 1. The van der Waals surface area contributed by atoms with Crippen molar-refractivity contribution >= 4 is 11.4 Å². The van der Waals surface area contributed by atoms with Crippen LogP contribution >= 0.6 is 0 Å². The Bertz CT molecular complexity index is 386. The quantitative estimate of drug-likeness (QED) is 0.799. The second-order valence-corrected chi connectivity index (χ2v) is 3.68. The molecule has 0 aliphatic rings. The Hall–Kier alpha value is -1.83. The molecule has 2 aromatic rings. The molecular formula is C13H14N2. The predicted octanol–water partition coefficient (Wildman–Crippen LogP) is 3.44. The maximum atomic E-state index is 4.23. The van der Waals surface area contributed by atoms with Crippen LogP contribution in [0.4, 0.5) is 11.4 Å². The Morgan fingerprint density at radius 1 is 0.867 bits per heavy atom. The lowest BCUT2D eigenvalue weighted by Crippen LogP contribution is -1.91. The molecule has 0 saturated carbocycles. The summed E-state index contributed by atoms with van der Waals surface area (Å²) in [7, 11) is 0. The molecule has 2 rings (SSSR count). The summed E-state index contributed by atoms with van der Waals surface area (Å²) in [6.45, 7) is 4.06. The van der Waals surface area contributed by atoms with Crippen molar-refractivity contribution in [3.8, 4) is 0 Å². The maximum absolute atomic E-state index is 4.23. The molecule has 0 spiro atoms. The first-order valence-corrected chi connectivity index (χ1v) is 5.00. The first-order chi connectivity index (χ1) is 7.24. The van der Waals surface area contributed by atoms with Crippen molar-refractivity contribution in [2.75, 3.05) is 5.32 Å². The molecule has 2 nitrogen and oxygen atoms in total. The van der Waals surface area contributed by atoms with Gasteiger partial charge in [-0.3, -0.25) is 4.98 Å². The molecule has 0 unspecified atom stereocenters. The van der Waals surface area contributed by atoms with Crippen LogP contribution < -0.4 is 5.32 Å². The third kappa shape index (κ3) is 2.56. The van der Waals surface area contributed by atoms with Gasteiger partial charge in [0.15, 0.2) is 0 Å². The maximum Gasteiger partial charge on any atom is 0.0570 e. The van der Waals surface area contributed by atoms with E-state index in [-0.39, 0.29) is 0 Å². The van der Waals surface area contributed by atoms with Crippen molar-refractivity contribution in [1.29, 1.82) is 0 Å². The summed E-state index contributed by atoms with van der Waals surface area (Å²) < 4.78 is 0. The zero-order chi connectivity index (χ0) is 10.7. The fourth-order valence-corrected chi connectivity index (χ4v) is 1.35. The molecule has 15 heavy (non-hydrogen) atoms. The van der Waals surface area contributed by atoms with E-state index in [0.29, 0.717) is 0 Å². The number of nitrogens with zero attached hydrogens (tertiary/aromatic N) is 1. The molecule has 0 saturated heterocycles. The standard InChI is InChI=1S/C13H14N2/c1-10-3-6-12(7-4-10)15-13-8-5-11(2)14-9-13/h3-9,15H,1-2H3. The molecule has 0 aliphatic heterocycles. The first kappa shape index (κ1) is 9.71. The van der Waals surface area contributed by atoms with Gasteiger partial charge in [-0.05, 0) is 38.1 Å². The number of rotatable bonds is 2. The van der Waals surface area contributed by atoms with E-state index in [9.17, 15) is 0 Å². The Kier molecular flexibility index (Phi) is 2.68. The van der Waals surface area contributed by atoms with E-state index < -0.39 is 0 Å². The Balaban J connectivity index is 2.15. The number of hydrogen-bond acceptors (Lipinski definition) is 2. The second kappa shape index (κ2) is 4.13. The van der Waals surface area contributed by atoms with Crippen molar-refractivity contribution in [1.82, 2.24) is 4.98 Å². The molecule has 0 fully saturated rings. The summed E-state index contributed by atoms with van der Waals surface area (Å²) in [4.78, 5) is 4.23. The second-order valence-electron chi connectivity index (χ2n) is 3.68. The van der Waals surface area contributed by atoms with Gasteiger partial charge in [-0.1, -0.05) is 17.7 Å². The fraction of sp³-hybridized carbons (Fsp3) is 0.154. The summed E-state index contributed by atoms with van der Waals surface area (Å²) in [5.41, 5.74) is 4.41. The lowest BCUT2D eigenvalue weighted by molar-refractivity contribution is 1.20. The monoisotopic (exact) mass is 198 g/mol. The van der Waals surface area contributed by atoms with E-state index in [0.717, 1.165) is 17.1 Å². The van der Waals surface area contributed by atoms with E-state index >= 15 is 0 Å². The minimum atomic E-state index is 1.02. The number of anilines is 2. The average molecular weight is 198 g/mol. The summed E-state index contributed by atoms with van der Waals surface area (Å²) in [6.07, 6.45) is 1.84. The molecule has 1 aromatic heterocycles. The van der Waals surface area contributed by atoms with Crippen LogP contribution in [0.15, 0.2) is 42.6 Å². The number of benzene rings is 1. The van der Waals surface area contributed by atoms with Crippen LogP contribution in [0, 0.1) is 13.8 Å². The van der Waals surface area contributed by atoms with Gasteiger partial charge in [0.25, 0.3) is 0 Å². The lowest BCUT2D eigenvalue weighted by Gasteiger charge is -2.06. The third-order valence-corrected chi connectivity index (χ3v) is 2.25. The molecule has 0 bridgehead atoms. The molecule has 0 amide bonds. The van der Waals surface area contributed by atoms with Crippen LogP contribution in [0.2, 0.25) is 0 Å². The lowest BCUT2D eigenvalue weighted by atomic mass is 10.2. The van der Waals surface area contributed by atoms with Crippen molar-refractivity contribution in [3.63, 3.8) is 0 Å². The van der Waals surface area contributed by atoms with Gasteiger partial charge in [0.2, 0.25) is 0 Å². The Morgan fingerprint density at radius 2 is 1.53 bits per heavy atom. The predicted molar refractivity (Wildman–Crippen MR) is 63.4 cm³/mol. The zero-order valence-electron chi connectivity index (χ0n) is 8.99. The van der Waals surface area contributed by atoms with E-state index in [1.54, 1.807) is 0 Å². The van der Waals surface area contributed by atoms with Crippen LogP contribution in [0.25, 0.3) is 0 Å². The van der Waals surface area contributed by atoms with Gasteiger partial charge in [0, 0.05) is 11.4 Å².